The van der Waals surface area contributed by atoms with Crippen LogP contribution < -0.4 is 10.6 Å². The molecule has 0 bridgehead atoms. The van der Waals surface area contributed by atoms with Crippen molar-refractivity contribution < 1.29 is 9.15 Å². The lowest BCUT2D eigenvalue weighted by atomic mass is 10.2. The second-order valence-electron chi connectivity index (χ2n) is 5.23. The average molecular weight is 276 g/mol. The maximum absolute atomic E-state index is 5.81. The summed E-state index contributed by atoms with van der Waals surface area (Å²) in [6.45, 7) is 7.55. The molecule has 2 N–H and O–H groups in total. The normalized spacial score (nSPS) is 12.9. The quantitative estimate of drug-likeness (QED) is 0.727. The first kappa shape index (κ1) is 15.0. The molecule has 0 aliphatic heterocycles. The van der Waals surface area contributed by atoms with E-state index in [0.29, 0.717) is 6.04 Å². The molecule has 4 heteroatoms. The van der Waals surface area contributed by atoms with Crippen molar-refractivity contribution in [3.63, 3.8) is 0 Å². The molecule has 0 radical (unpaired) electrons. The number of benzene rings is 1. The zero-order valence-corrected chi connectivity index (χ0v) is 12.5. The molecule has 0 spiro atoms. The molecule has 1 atom stereocenters. The molecule has 2 rings (SSSR count). The average Bonchev–Trinajstić information content (AvgIpc) is 2.83. The summed E-state index contributed by atoms with van der Waals surface area (Å²) < 4.78 is 10.8. The molecule has 1 aromatic carbocycles. The highest BCUT2D eigenvalue weighted by molar-refractivity contribution is 5.78. The van der Waals surface area contributed by atoms with Gasteiger partial charge in [-0.1, -0.05) is 11.6 Å². The van der Waals surface area contributed by atoms with E-state index < -0.39 is 0 Å². The molecule has 1 aromatic heterocycles. The van der Waals surface area contributed by atoms with Crippen LogP contribution in [0.25, 0.3) is 11.0 Å². The molecular weight excluding hydrogens is 252 g/mol. The summed E-state index contributed by atoms with van der Waals surface area (Å²) in [5.41, 5.74) is 2.21. The summed E-state index contributed by atoms with van der Waals surface area (Å²) in [6, 6.07) is 8.76. The Labute approximate surface area is 120 Å². The van der Waals surface area contributed by atoms with Gasteiger partial charge in [-0.05, 0) is 32.0 Å². The lowest BCUT2D eigenvalue weighted by Crippen LogP contribution is -2.37. The standard InChI is InChI=1S/C16H24N2O2/c1-12-4-5-16-14(8-12)9-15(20-16)11-18-13(2)10-17-6-7-19-3/h4-5,8-9,13,17-18H,6-7,10-11H2,1-3H3. The molecule has 0 fully saturated rings. The monoisotopic (exact) mass is 276 g/mol. The van der Waals surface area contributed by atoms with Crippen LogP contribution in [-0.2, 0) is 11.3 Å². The number of methoxy groups -OCH3 is 1. The third-order valence-electron chi connectivity index (χ3n) is 3.28. The maximum atomic E-state index is 5.81. The molecule has 1 unspecified atom stereocenters. The zero-order chi connectivity index (χ0) is 14.4. The zero-order valence-electron chi connectivity index (χ0n) is 12.5. The van der Waals surface area contributed by atoms with Gasteiger partial charge in [0, 0.05) is 31.6 Å². The minimum absolute atomic E-state index is 0.391. The number of hydrogen-bond acceptors (Lipinski definition) is 4. The summed E-state index contributed by atoms with van der Waals surface area (Å²) >= 11 is 0. The van der Waals surface area contributed by atoms with E-state index in [2.05, 4.69) is 42.7 Å². The van der Waals surface area contributed by atoms with Crippen LogP contribution in [0.2, 0.25) is 0 Å². The predicted octanol–water partition coefficient (Wildman–Crippen LogP) is 2.46. The van der Waals surface area contributed by atoms with E-state index >= 15 is 0 Å². The van der Waals surface area contributed by atoms with Gasteiger partial charge in [0.15, 0.2) is 0 Å². The van der Waals surface area contributed by atoms with Gasteiger partial charge < -0.3 is 19.8 Å². The first-order valence-electron chi connectivity index (χ1n) is 7.11. The van der Waals surface area contributed by atoms with Crippen molar-refractivity contribution >= 4 is 11.0 Å². The van der Waals surface area contributed by atoms with Crippen molar-refractivity contribution in [2.45, 2.75) is 26.4 Å². The smallest absolute Gasteiger partial charge is 0.134 e. The van der Waals surface area contributed by atoms with Crippen LogP contribution >= 0.6 is 0 Å². The van der Waals surface area contributed by atoms with Gasteiger partial charge in [0.1, 0.15) is 11.3 Å². The Hall–Kier alpha value is -1.36. The van der Waals surface area contributed by atoms with Crippen LogP contribution in [-0.4, -0.2) is 32.8 Å². The number of ether oxygens (including phenoxy) is 1. The van der Waals surface area contributed by atoms with E-state index in [0.717, 1.165) is 37.6 Å². The van der Waals surface area contributed by atoms with Crippen molar-refractivity contribution in [1.82, 2.24) is 10.6 Å². The van der Waals surface area contributed by atoms with Crippen molar-refractivity contribution in [2.75, 3.05) is 26.8 Å². The molecule has 0 amide bonds. The third kappa shape index (κ3) is 4.34. The lowest BCUT2D eigenvalue weighted by Gasteiger charge is -2.13. The number of nitrogens with one attached hydrogen (secondary N) is 2. The molecule has 110 valence electrons. The molecule has 4 nitrogen and oxygen atoms in total. The molecule has 20 heavy (non-hydrogen) atoms. The Morgan fingerprint density at radius 3 is 2.95 bits per heavy atom. The fourth-order valence-electron chi connectivity index (χ4n) is 2.14. The Kier molecular flexibility index (Phi) is 5.59. The fraction of sp³-hybridized carbons (Fsp3) is 0.500. The molecule has 1 heterocycles. The topological polar surface area (TPSA) is 46.4 Å². The highest BCUT2D eigenvalue weighted by Crippen LogP contribution is 2.20. The number of rotatable bonds is 8. The van der Waals surface area contributed by atoms with Crippen LogP contribution in [0.4, 0.5) is 0 Å². The molecule has 0 saturated carbocycles. The third-order valence-corrected chi connectivity index (χ3v) is 3.28. The van der Waals surface area contributed by atoms with Crippen molar-refractivity contribution in [3.05, 3.63) is 35.6 Å². The van der Waals surface area contributed by atoms with Crippen LogP contribution in [0.1, 0.15) is 18.2 Å². The molecule has 0 aliphatic rings. The number of hydrogen-bond donors (Lipinski definition) is 2. The van der Waals surface area contributed by atoms with E-state index in [1.165, 1.54) is 10.9 Å². The molecule has 0 saturated heterocycles. The minimum atomic E-state index is 0.391. The van der Waals surface area contributed by atoms with Gasteiger partial charge in [-0.2, -0.15) is 0 Å². The first-order valence-corrected chi connectivity index (χ1v) is 7.11. The molecule has 2 aromatic rings. The molecule has 0 aliphatic carbocycles. The predicted molar refractivity (Wildman–Crippen MR) is 82.0 cm³/mol. The Morgan fingerprint density at radius 2 is 2.15 bits per heavy atom. The second kappa shape index (κ2) is 7.43. The highest BCUT2D eigenvalue weighted by Gasteiger charge is 2.06. The highest BCUT2D eigenvalue weighted by atomic mass is 16.5. The van der Waals surface area contributed by atoms with E-state index in [9.17, 15) is 0 Å². The van der Waals surface area contributed by atoms with E-state index in [1.807, 2.05) is 6.07 Å². The van der Waals surface area contributed by atoms with Crippen molar-refractivity contribution in [1.29, 1.82) is 0 Å². The Bertz CT molecular complexity index is 536. The van der Waals surface area contributed by atoms with Gasteiger partial charge in [-0.15, -0.1) is 0 Å². The van der Waals surface area contributed by atoms with Crippen LogP contribution in [0.15, 0.2) is 28.7 Å². The van der Waals surface area contributed by atoms with Gasteiger partial charge in [0.25, 0.3) is 0 Å². The summed E-state index contributed by atoms with van der Waals surface area (Å²) in [7, 11) is 1.71. The van der Waals surface area contributed by atoms with E-state index in [4.69, 9.17) is 9.15 Å². The number of furan rings is 1. The second-order valence-corrected chi connectivity index (χ2v) is 5.23. The Balaban J connectivity index is 1.80. The lowest BCUT2D eigenvalue weighted by molar-refractivity contribution is 0.198. The van der Waals surface area contributed by atoms with E-state index in [-0.39, 0.29) is 0 Å². The van der Waals surface area contributed by atoms with Crippen molar-refractivity contribution in [2.24, 2.45) is 0 Å². The summed E-state index contributed by atoms with van der Waals surface area (Å²) in [6.07, 6.45) is 0. The summed E-state index contributed by atoms with van der Waals surface area (Å²) in [4.78, 5) is 0. The SMILES string of the molecule is COCCNCC(C)NCc1cc2cc(C)ccc2o1. The first-order chi connectivity index (χ1) is 9.69. The van der Waals surface area contributed by atoms with Crippen molar-refractivity contribution in [3.8, 4) is 0 Å². The maximum Gasteiger partial charge on any atom is 0.134 e. The summed E-state index contributed by atoms with van der Waals surface area (Å²) in [5, 5.41) is 7.97. The number of aryl methyl sites for hydroxylation is 1. The fourth-order valence-corrected chi connectivity index (χ4v) is 2.14. The van der Waals surface area contributed by atoms with Gasteiger partial charge >= 0.3 is 0 Å². The largest absolute Gasteiger partial charge is 0.460 e. The van der Waals surface area contributed by atoms with Gasteiger partial charge in [-0.25, -0.2) is 0 Å². The van der Waals surface area contributed by atoms with Gasteiger partial charge in [0.05, 0.1) is 13.2 Å². The molecular formula is C16H24N2O2. The van der Waals surface area contributed by atoms with Crippen LogP contribution in [0, 0.1) is 6.92 Å². The van der Waals surface area contributed by atoms with Gasteiger partial charge in [-0.3, -0.25) is 0 Å². The summed E-state index contributed by atoms with van der Waals surface area (Å²) in [5.74, 6) is 0.981. The van der Waals surface area contributed by atoms with Crippen LogP contribution in [0.5, 0.6) is 0 Å². The van der Waals surface area contributed by atoms with Gasteiger partial charge in [0.2, 0.25) is 0 Å². The van der Waals surface area contributed by atoms with E-state index in [1.54, 1.807) is 7.11 Å². The van der Waals surface area contributed by atoms with Crippen LogP contribution in [0.3, 0.4) is 0 Å². The Morgan fingerprint density at radius 1 is 1.30 bits per heavy atom. The minimum Gasteiger partial charge on any atom is -0.460 e. The number of fused-ring (bicyclic) bond motifs is 1.